The van der Waals surface area contributed by atoms with Crippen LogP contribution in [0.4, 0.5) is 0 Å². The van der Waals surface area contributed by atoms with E-state index in [4.69, 9.17) is 0 Å². The number of nitrogens with zero attached hydrogens (tertiary/aromatic N) is 2. The van der Waals surface area contributed by atoms with Crippen LogP contribution in [0.2, 0.25) is 0 Å². The highest BCUT2D eigenvalue weighted by Crippen LogP contribution is 2.28. The molecule has 2 heterocycles. The summed E-state index contributed by atoms with van der Waals surface area (Å²) in [7, 11) is 4.15. The van der Waals surface area contributed by atoms with Crippen LogP contribution < -0.4 is 5.32 Å². The highest BCUT2D eigenvalue weighted by atomic mass is 16.3. The van der Waals surface area contributed by atoms with Crippen LogP contribution >= 0.6 is 0 Å². The Labute approximate surface area is 98.6 Å². The SMILES string of the molecule is CNCC(O)CN1CCC2CCC(C1)N2C. The number of hydrogen-bond acceptors (Lipinski definition) is 4. The maximum Gasteiger partial charge on any atom is 0.0791 e. The minimum absolute atomic E-state index is 0.230. The van der Waals surface area contributed by atoms with Crippen molar-refractivity contribution >= 4 is 0 Å². The number of aliphatic hydroxyl groups excluding tert-OH is 1. The lowest BCUT2D eigenvalue weighted by Gasteiger charge is -2.27. The highest BCUT2D eigenvalue weighted by molar-refractivity contribution is 4.91. The summed E-state index contributed by atoms with van der Waals surface area (Å²) in [5.74, 6) is 0. The van der Waals surface area contributed by atoms with Crippen molar-refractivity contribution < 1.29 is 5.11 Å². The first-order chi connectivity index (χ1) is 7.70. The molecule has 0 amide bonds. The minimum atomic E-state index is -0.230. The molecule has 0 aromatic heterocycles. The Kier molecular flexibility index (Phi) is 4.19. The Bertz CT molecular complexity index is 224. The van der Waals surface area contributed by atoms with Crippen LogP contribution in [0.25, 0.3) is 0 Å². The fraction of sp³-hybridized carbons (Fsp3) is 1.00. The summed E-state index contributed by atoms with van der Waals surface area (Å²) in [6.45, 7) is 3.79. The Morgan fingerprint density at radius 2 is 2.06 bits per heavy atom. The van der Waals surface area contributed by atoms with Gasteiger partial charge in [-0.05, 0) is 39.9 Å². The minimum Gasteiger partial charge on any atom is -0.390 e. The Hall–Kier alpha value is -0.160. The van der Waals surface area contributed by atoms with Gasteiger partial charge in [-0.25, -0.2) is 0 Å². The molecule has 16 heavy (non-hydrogen) atoms. The van der Waals surface area contributed by atoms with Crippen molar-refractivity contribution in [2.75, 3.05) is 40.3 Å². The number of β-amino-alcohol motifs (C(OH)–C–C–N with tert-alkyl or cyclic N) is 1. The molecule has 0 aromatic rings. The standard InChI is InChI=1S/C12H25N3O/c1-13-7-12(16)9-15-6-5-10-3-4-11(8-15)14(10)2/h10-13,16H,3-9H2,1-2H3. The van der Waals surface area contributed by atoms with E-state index < -0.39 is 0 Å². The molecule has 2 fully saturated rings. The highest BCUT2D eigenvalue weighted by Gasteiger charge is 2.34. The average Bonchev–Trinajstić information content (AvgIpc) is 2.47. The zero-order chi connectivity index (χ0) is 11.5. The summed E-state index contributed by atoms with van der Waals surface area (Å²) in [6.07, 6.45) is 3.74. The van der Waals surface area contributed by atoms with Gasteiger partial charge in [-0.1, -0.05) is 0 Å². The molecule has 94 valence electrons. The van der Waals surface area contributed by atoms with Gasteiger partial charge in [-0.15, -0.1) is 0 Å². The average molecular weight is 227 g/mol. The van der Waals surface area contributed by atoms with Crippen molar-refractivity contribution in [2.24, 2.45) is 0 Å². The van der Waals surface area contributed by atoms with Crippen molar-refractivity contribution in [3.63, 3.8) is 0 Å². The van der Waals surface area contributed by atoms with Crippen LogP contribution in [0.3, 0.4) is 0 Å². The topological polar surface area (TPSA) is 38.7 Å². The molecule has 0 aromatic carbocycles. The van der Waals surface area contributed by atoms with Crippen LogP contribution in [-0.2, 0) is 0 Å². The van der Waals surface area contributed by atoms with E-state index in [9.17, 15) is 5.11 Å². The lowest BCUT2D eigenvalue weighted by Crippen LogP contribution is -2.42. The molecule has 2 aliphatic rings. The number of fused-ring (bicyclic) bond motifs is 2. The summed E-state index contributed by atoms with van der Waals surface area (Å²) in [6, 6.07) is 1.51. The maximum atomic E-state index is 9.81. The number of rotatable bonds is 4. The van der Waals surface area contributed by atoms with Crippen molar-refractivity contribution in [3.05, 3.63) is 0 Å². The van der Waals surface area contributed by atoms with E-state index in [2.05, 4.69) is 22.2 Å². The van der Waals surface area contributed by atoms with Gasteiger partial charge in [0.2, 0.25) is 0 Å². The van der Waals surface area contributed by atoms with Gasteiger partial charge >= 0.3 is 0 Å². The molecule has 0 aliphatic carbocycles. The normalized spacial score (nSPS) is 33.9. The maximum absolute atomic E-state index is 9.81. The van der Waals surface area contributed by atoms with E-state index in [1.165, 1.54) is 19.3 Å². The molecule has 2 saturated heterocycles. The second-order valence-corrected chi connectivity index (χ2v) is 5.31. The Balaban J connectivity index is 1.84. The molecule has 2 aliphatic heterocycles. The largest absolute Gasteiger partial charge is 0.390 e. The third kappa shape index (κ3) is 2.74. The molecule has 2 N–H and O–H groups in total. The van der Waals surface area contributed by atoms with Gasteiger partial charge in [0.1, 0.15) is 0 Å². The smallest absolute Gasteiger partial charge is 0.0791 e. The number of nitrogens with one attached hydrogen (secondary N) is 1. The summed E-state index contributed by atoms with van der Waals surface area (Å²) in [5.41, 5.74) is 0. The van der Waals surface area contributed by atoms with Crippen molar-refractivity contribution in [1.29, 1.82) is 0 Å². The van der Waals surface area contributed by atoms with Crippen LogP contribution in [-0.4, -0.2) is 73.4 Å². The predicted molar refractivity (Wildman–Crippen MR) is 65.6 cm³/mol. The zero-order valence-corrected chi connectivity index (χ0v) is 10.5. The van der Waals surface area contributed by atoms with Crippen LogP contribution in [0, 0.1) is 0 Å². The first kappa shape index (κ1) is 12.3. The lowest BCUT2D eigenvalue weighted by molar-refractivity contribution is 0.107. The number of aliphatic hydroxyl groups is 1. The van der Waals surface area contributed by atoms with E-state index in [-0.39, 0.29) is 6.10 Å². The van der Waals surface area contributed by atoms with Crippen LogP contribution in [0.1, 0.15) is 19.3 Å². The van der Waals surface area contributed by atoms with Crippen molar-refractivity contribution in [2.45, 2.75) is 37.5 Å². The number of hydrogen-bond donors (Lipinski definition) is 2. The molecule has 4 nitrogen and oxygen atoms in total. The Morgan fingerprint density at radius 3 is 2.81 bits per heavy atom. The fourth-order valence-corrected chi connectivity index (χ4v) is 3.14. The predicted octanol–water partition coefficient (Wildman–Crippen LogP) is -0.265. The first-order valence-corrected chi connectivity index (χ1v) is 6.47. The van der Waals surface area contributed by atoms with E-state index in [1.807, 2.05) is 7.05 Å². The molecule has 0 spiro atoms. The first-order valence-electron chi connectivity index (χ1n) is 6.47. The summed E-state index contributed by atoms with van der Waals surface area (Å²) >= 11 is 0. The zero-order valence-electron chi connectivity index (χ0n) is 10.5. The molecule has 2 rings (SSSR count). The monoisotopic (exact) mass is 227 g/mol. The second-order valence-electron chi connectivity index (χ2n) is 5.31. The van der Waals surface area contributed by atoms with Gasteiger partial charge in [0.25, 0.3) is 0 Å². The number of likely N-dealkylation sites (N-methyl/N-ethyl adjacent to an activating group) is 2. The fourth-order valence-electron chi connectivity index (χ4n) is 3.14. The lowest BCUT2D eigenvalue weighted by atomic mass is 10.1. The number of likely N-dealkylation sites (tertiary alicyclic amines) is 1. The van der Waals surface area contributed by atoms with E-state index in [1.54, 1.807) is 0 Å². The van der Waals surface area contributed by atoms with Crippen molar-refractivity contribution in [1.82, 2.24) is 15.1 Å². The summed E-state index contributed by atoms with van der Waals surface area (Å²) < 4.78 is 0. The van der Waals surface area contributed by atoms with Gasteiger partial charge in [-0.2, -0.15) is 0 Å². The van der Waals surface area contributed by atoms with E-state index >= 15 is 0 Å². The van der Waals surface area contributed by atoms with Crippen LogP contribution in [0.5, 0.6) is 0 Å². The summed E-state index contributed by atoms with van der Waals surface area (Å²) in [5, 5.41) is 12.8. The van der Waals surface area contributed by atoms with Gasteiger partial charge in [-0.3, -0.25) is 9.80 Å². The molecule has 3 unspecified atom stereocenters. The third-order valence-corrected chi connectivity index (χ3v) is 4.14. The molecule has 0 saturated carbocycles. The van der Waals surface area contributed by atoms with Crippen molar-refractivity contribution in [3.8, 4) is 0 Å². The van der Waals surface area contributed by atoms with E-state index in [0.29, 0.717) is 12.6 Å². The molecule has 0 radical (unpaired) electrons. The van der Waals surface area contributed by atoms with Gasteiger partial charge in [0.15, 0.2) is 0 Å². The molecule has 2 bridgehead atoms. The van der Waals surface area contributed by atoms with Crippen LogP contribution in [0.15, 0.2) is 0 Å². The molecule has 4 heteroatoms. The molecule has 3 atom stereocenters. The quantitative estimate of drug-likeness (QED) is 0.694. The molecular formula is C12H25N3O. The van der Waals surface area contributed by atoms with Gasteiger partial charge < -0.3 is 10.4 Å². The van der Waals surface area contributed by atoms with Gasteiger partial charge in [0, 0.05) is 31.7 Å². The third-order valence-electron chi connectivity index (χ3n) is 4.14. The second kappa shape index (κ2) is 5.45. The summed E-state index contributed by atoms with van der Waals surface area (Å²) in [4.78, 5) is 4.98. The molecular weight excluding hydrogens is 202 g/mol. The van der Waals surface area contributed by atoms with E-state index in [0.717, 1.165) is 25.7 Å². The van der Waals surface area contributed by atoms with Gasteiger partial charge in [0.05, 0.1) is 6.10 Å². The Morgan fingerprint density at radius 1 is 1.31 bits per heavy atom.